The normalized spacial score (nSPS) is 12.7. The highest BCUT2D eigenvalue weighted by molar-refractivity contribution is 8.00. The van der Waals surface area contributed by atoms with Crippen LogP contribution >= 0.6 is 11.8 Å². The van der Waals surface area contributed by atoms with E-state index >= 15 is 0 Å². The smallest absolute Gasteiger partial charge is 0.253 e. The van der Waals surface area contributed by atoms with Crippen LogP contribution in [0.4, 0.5) is 68.2 Å². The number of anilines is 12. The van der Waals surface area contributed by atoms with Gasteiger partial charge >= 0.3 is 0 Å². The summed E-state index contributed by atoms with van der Waals surface area (Å²) in [7, 11) is 0. The van der Waals surface area contributed by atoms with Gasteiger partial charge in [-0.2, -0.15) is 0 Å². The molecule has 0 saturated carbocycles. The lowest BCUT2D eigenvalue weighted by Crippen LogP contribution is -2.64. The van der Waals surface area contributed by atoms with E-state index in [-0.39, 0.29) is 13.4 Å². The number of hydrogen-bond acceptors (Lipinski definition) is 6. The lowest BCUT2D eigenvalue weighted by Gasteiger charge is -2.46. The molecule has 0 atom stereocenters. The van der Waals surface area contributed by atoms with Gasteiger partial charge in [0, 0.05) is 78.2 Å². The molecule has 0 saturated heterocycles. The second-order valence-electron chi connectivity index (χ2n) is 25.5. The molecule has 0 N–H and O–H groups in total. The Morgan fingerprint density at radius 2 is 0.724 bits per heavy atom. The van der Waals surface area contributed by atoms with Crippen molar-refractivity contribution in [2.75, 3.05) is 19.6 Å². The molecule has 458 valence electrons. The Balaban J connectivity index is 0.892. The largest absolute Gasteiger partial charge is 0.458 e. The van der Waals surface area contributed by atoms with Gasteiger partial charge in [-0.05, 0) is 158 Å². The molecule has 8 heteroatoms. The van der Waals surface area contributed by atoms with Crippen LogP contribution in [0.15, 0.2) is 374 Å². The fraction of sp³-hybridized carbons (Fsp3) is 0. The summed E-state index contributed by atoms with van der Waals surface area (Å²) in [6.45, 7) is -0.344. The van der Waals surface area contributed by atoms with E-state index < -0.39 is 0 Å². The van der Waals surface area contributed by atoms with Crippen LogP contribution in [-0.4, -0.2) is 13.4 Å². The Hall–Kier alpha value is -12.2. The van der Waals surface area contributed by atoms with Crippen molar-refractivity contribution in [3.8, 4) is 56.0 Å². The molecular weight excluding hydrogens is 1210 g/mol. The standard InChI is InChI=1S/C90H60B2N4OS/c1-8-28-61(29-9-1)63-50-52-70(53-51-63)94(71-43-26-36-66(54-71)62-30-10-2-11-31-62)73-57-85-89-87(58-73)98-86-60-81-78(59-79(86)92(89)77-47-23-25-49-84(77)97-85)91-76-46-22-24-48-80(76)95(69-41-20-7-21-42-69)82-55-72(93(67-37-16-5-17-38-67)68-39-18-6-19-40-68)56-83(88(82)91)96(81)90-74(64-32-12-3-13-33-64)44-27-45-75(90)65-34-14-4-15-35-65/h1-60H. The van der Waals surface area contributed by atoms with Crippen LogP contribution in [0.2, 0.25) is 0 Å². The zero-order chi connectivity index (χ0) is 64.6. The minimum absolute atomic E-state index is 0.154. The van der Waals surface area contributed by atoms with Crippen molar-refractivity contribution in [3.63, 3.8) is 0 Å². The van der Waals surface area contributed by atoms with Crippen molar-refractivity contribution in [3.05, 3.63) is 364 Å². The van der Waals surface area contributed by atoms with E-state index in [0.29, 0.717) is 0 Å². The summed E-state index contributed by atoms with van der Waals surface area (Å²) in [5.74, 6) is 1.72. The molecule has 0 fully saturated rings. The second kappa shape index (κ2) is 23.9. The fourth-order valence-electron chi connectivity index (χ4n) is 15.6. The minimum atomic E-state index is -0.190. The average molecular weight is 1270 g/mol. The van der Waals surface area contributed by atoms with Crippen molar-refractivity contribution >= 4 is 126 Å². The maximum atomic E-state index is 7.32. The molecule has 98 heavy (non-hydrogen) atoms. The van der Waals surface area contributed by atoms with Gasteiger partial charge < -0.3 is 24.3 Å². The molecule has 5 nitrogen and oxygen atoms in total. The average Bonchev–Trinajstić information content (AvgIpc) is 0.685. The molecule has 4 heterocycles. The third-order valence-corrected chi connectivity index (χ3v) is 21.0. The molecule has 4 aliphatic rings. The number of ether oxygens (including phenoxy) is 1. The highest BCUT2D eigenvalue weighted by Crippen LogP contribution is 2.54. The zero-order valence-corrected chi connectivity index (χ0v) is 54.2. The number of rotatable bonds is 12. The Morgan fingerprint density at radius 3 is 1.37 bits per heavy atom. The summed E-state index contributed by atoms with van der Waals surface area (Å²) >= 11 is 1.86. The summed E-state index contributed by atoms with van der Waals surface area (Å²) < 4.78 is 7.32. The summed E-state index contributed by atoms with van der Waals surface area (Å²) in [5.41, 5.74) is 29.5. The number of nitrogens with zero attached hydrogens (tertiary/aromatic N) is 4. The summed E-state index contributed by atoms with van der Waals surface area (Å²) in [6, 6.07) is 134. The number of hydrogen-bond donors (Lipinski definition) is 0. The number of benzene rings is 15. The van der Waals surface area contributed by atoms with Gasteiger partial charge in [0.1, 0.15) is 11.5 Å². The second-order valence-corrected chi connectivity index (χ2v) is 26.6. The van der Waals surface area contributed by atoms with Crippen LogP contribution in [0.25, 0.3) is 44.5 Å². The van der Waals surface area contributed by atoms with Crippen LogP contribution in [0.1, 0.15) is 0 Å². The van der Waals surface area contributed by atoms with Gasteiger partial charge in [0.25, 0.3) is 13.4 Å². The van der Waals surface area contributed by atoms with E-state index in [9.17, 15) is 0 Å². The molecule has 0 unspecified atom stereocenters. The predicted octanol–water partition coefficient (Wildman–Crippen LogP) is 20.5. The summed E-state index contributed by atoms with van der Waals surface area (Å²) in [6.07, 6.45) is 0. The first-order chi connectivity index (χ1) is 48.6. The maximum Gasteiger partial charge on any atom is 0.253 e. The van der Waals surface area contributed by atoms with E-state index in [2.05, 4.69) is 384 Å². The van der Waals surface area contributed by atoms with Gasteiger partial charge in [0.05, 0.1) is 17.1 Å². The van der Waals surface area contributed by atoms with Crippen LogP contribution in [0.3, 0.4) is 0 Å². The molecule has 19 rings (SSSR count). The minimum Gasteiger partial charge on any atom is -0.458 e. The van der Waals surface area contributed by atoms with E-state index in [1.165, 1.54) is 37.8 Å². The van der Waals surface area contributed by atoms with Crippen LogP contribution in [0, 0.1) is 0 Å². The first-order valence-electron chi connectivity index (χ1n) is 33.6. The Bertz CT molecular complexity index is 5440. The third kappa shape index (κ3) is 9.66. The lowest BCUT2D eigenvalue weighted by molar-refractivity contribution is 0.486. The molecule has 0 amide bonds. The molecule has 15 aromatic rings. The molecule has 0 bridgehead atoms. The van der Waals surface area contributed by atoms with Gasteiger partial charge in [0.15, 0.2) is 0 Å². The predicted molar refractivity (Wildman–Crippen MR) is 413 cm³/mol. The Labute approximate surface area is 576 Å². The summed E-state index contributed by atoms with van der Waals surface area (Å²) in [5, 5.41) is 0. The lowest BCUT2D eigenvalue weighted by atomic mass is 9.31. The Morgan fingerprint density at radius 1 is 0.255 bits per heavy atom. The first-order valence-corrected chi connectivity index (χ1v) is 34.4. The van der Waals surface area contributed by atoms with Crippen molar-refractivity contribution in [1.82, 2.24) is 0 Å². The van der Waals surface area contributed by atoms with Gasteiger partial charge in [-0.3, -0.25) is 0 Å². The molecule has 0 aromatic heterocycles. The Kier molecular flexibility index (Phi) is 14.0. The van der Waals surface area contributed by atoms with Crippen molar-refractivity contribution in [2.24, 2.45) is 0 Å². The van der Waals surface area contributed by atoms with Gasteiger partial charge in [-0.15, -0.1) is 0 Å². The highest BCUT2D eigenvalue weighted by atomic mass is 32.2. The van der Waals surface area contributed by atoms with Crippen molar-refractivity contribution in [1.29, 1.82) is 0 Å². The molecule has 0 spiro atoms. The molecule has 15 aromatic carbocycles. The van der Waals surface area contributed by atoms with Crippen LogP contribution in [-0.2, 0) is 0 Å². The SMILES string of the molecule is c1ccc(-c2ccc(N(c3cccc(-c4ccccc4)c3)c3cc4c5c(c3)Sc3cc6c(cc3B5c3ccccc3O4)B3c4ccccc4N(c4ccccc4)c4cc(N(c5ccccc5)c5ccccc5)cc(c43)N6c3c(-c4ccccc4)cccc3-c3ccccc3)cc2)cc1. The topological polar surface area (TPSA) is 22.2 Å². The quantitative estimate of drug-likeness (QED) is 0.113. The molecule has 4 aliphatic heterocycles. The van der Waals surface area contributed by atoms with Crippen LogP contribution < -0.4 is 57.1 Å². The number of fused-ring (bicyclic) bond motifs is 8. The van der Waals surface area contributed by atoms with E-state index in [0.717, 1.165) is 129 Å². The van der Waals surface area contributed by atoms with Crippen molar-refractivity contribution in [2.45, 2.75) is 9.79 Å². The van der Waals surface area contributed by atoms with Crippen molar-refractivity contribution < 1.29 is 4.74 Å². The molecular formula is C90H60B2N4OS. The zero-order valence-electron chi connectivity index (χ0n) is 53.4. The van der Waals surface area contributed by atoms with Crippen LogP contribution in [0.5, 0.6) is 11.5 Å². The van der Waals surface area contributed by atoms with Gasteiger partial charge in [-0.25, -0.2) is 0 Å². The van der Waals surface area contributed by atoms with Gasteiger partial charge in [-0.1, -0.05) is 278 Å². The third-order valence-electron chi connectivity index (χ3n) is 19.9. The molecule has 0 aliphatic carbocycles. The maximum absolute atomic E-state index is 7.32. The first kappa shape index (κ1) is 57.2. The number of para-hydroxylation sites is 6. The monoisotopic (exact) mass is 1270 g/mol. The van der Waals surface area contributed by atoms with E-state index in [4.69, 9.17) is 4.74 Å². The van der Waals surface area contributed by atoms with E-state index in [1.807, 2.05) is 11.8 Å². The highest BCUT2D eigenvalue weighted by Gasteiger charge is 2.48. The summed E-state index contributed by atoms with van der Waals surface area (Å²) in [4.78, 5) is 12.4. The van der Waals surface area contributed by atoms with Gasteiger partial charge in [0.2, 0.25) is 0 Å². The fourth-order valence-corrected chi connectivity index (χ4v) is 16.8. The van der Waals surface area contributed by atoms with E-state index in [1.54, 1.807) is 0 Å². The molecule has 0 radical (unpaired) electrons.